The number of carbonyl (C=O) groups excluding carboxylic acids is 1. The molecule has 1 aromatic heterocycles. The molecule has 1 amide bonds. The molecule has 0 aromatic carbocycles. The van der Waals surface area contributed by atoms with Gasteiger partial charge in [0.2, 0.25) is 5.91 Å². The van der Waals surface area contributed by atoms with Gasteiger partial charge in [-0.15, -0.1) is 0 Å². The fraction of sp³-hybridized carbons (Fsp3) is 0.538. The van der Waals surface area contributed by atoms with Crippen LogP contribution in [0, 0.1) is 0 Å². The number of aromatic nitrogens is 1. The molecule has 6 nitrogen and oxygen atoms in total. The van der Waals surface area contributed by atoms with E-state index in [1.807, 2.05) is 13.8 Å². The molecule has 6 heteroatoms. The fourth-order valence-corrected chi connectivity index (χ4v) is 1.78. The lowest BCUT2D eigenvalue weighted by Gasteiger charge is -2.29. The van der Waals surface area contributed by atoms with E-state index in [9.17, 15) is 9.59 Å². The number of aliphatic hydroxyl groups is 1. The highest BCUT2D eigenvalue weighted by Gasteiger charge is 2.23. The van der Waals surface area contributed by atoms with Gasteiger partial charge in [0, 0.05) is 30.1 Å². The summed E-state index contributed by atoms with van der Waals surface area (Å²) in [5.41, 5.74) is 5.28. The first-order valence-electron chi connectivity index (χ1n) is 6.28. The van der Waals surface area contributed by atoms with E-state index >= 15 is 0 Å². The molecule has 0 saturated heterocycles. The van der Waals surface area contributed by atoms with E-state index in [1.54, 1.807) is 0 Å². The van der Waals surface area contributed by atoms with Gasteiger partial charge in [-0.1, -0.05) is 6.92 Å². The van der Waals surface area contributed by atoms with E-state index in [0.717, 1.165) is 0 Å². The molecule has 1 aromatic rings. The Balaban J connectivity index is 2.74. The zero-order chi connectivity index (χ0) is 14.5. The molecule has 19 heavy (non-hydrogen) atoms. The largest absolute Gasteiger partial charge is 0.398 e. The maximum atomic E-state index is 11.9. The second-order valence-electron chi connectivity index (χ2n) is 4.86. The lowest BCUT2D eigenvalue weighted by atomic mass is 9.95. The Morgan fingerprint density at radius 2 is 2.21 bits per heavy atom. The summed E-state index contributed by atoms with van der Waals surface area (Å²) >= 11 is 0. The first-order valence-corrected chi connectivity index (χ1v) is 6.28. The van der Waals surface area contributed by atoms with Gasteiger partial charge in [-0.25, -0.2) is 0 Å². The van der Waals surface area contributed by atoms with Crippen LogP contribution in [0.4, 0.5) is 5.69 Å². The second kappa shape index (κ2) is 6.38. The summed E-state index contributed by atoms with van der Waals surface area (Å²) in [6.07, 6.45) is 2.61. The summed E-state index contributed by atoms with van der Waals surface area (Å²) in [4.78, 5) is 23.5. The van der Waals surface area contributed by atoms with Crippen LogP contribution in [0.15, 0.2) is 23.1 Å². The third-order valence-corrected chi connectivity index (χ3v) is 3.21. The Morgan fingerprint density at radius 1 is 1.53 bits per heavy atom. The SMILES string of the molecule is CCC(C)(CCO)NC(=O)Cn1cc(N)ccc1=O. The minimum absolute atomic E-state index is 0.00283. The Kier molecular flexibility index (Phi) is 5.11. The van der Waals surface area contributed by atoms with Gasteiger partial charge >= 0.3 is 0 Å². The first kappa shape index (κ1) is 15.2. The summed E-state index contributed by atoms with van der Waals surface area (Å²) in [5, 5.41) is 11.8. The number of anilines is 1. The van der Waals surface area contributed by atoms with Gasteiger partial charge in [0.15, 0.2) is 0 Å². The molecule has 0 fully saturated rings. The molecule has 1 rings (SSSR count). The van der Waals surface area contributed by atoms with Crippen molar-refractivity contribution in [3.8, 4) is 0 Å². The monoisotopic (exact) mass is 267 g/mol. The van der Waals surface area contributed by atoms with Crippen LogP contribution in [0.2, 0.25) is 0 Å². The number of nitrogen functional groups attached to an aromatic ring is 1. The van der Waals surface area contributed by atoms with Crippen LogP contribution in [0.5, 0.6) is 0 Å². The third-order valence-electron chi connectivity index (χ3n) is 3.21. The Morgan fingerprint density at radius 3 is 2.79 bits per heavy atom. The van der Waals surface area contributed by atoms with Gasteiger partial charge in [-0.3, -0.25) is 9.59 Å². The molecule has 1 heterocycles. The predicted molar refractivity (Wildman–Crippen MR) is 73.7 cm³/mol. The first-order chi connectivity index (χ1) is 8.90. The smallest absolute Gasteiger partial charge is 0.251 e. The fourth-order valence-electron chi connectivity index (χ4n) is 1.78. The van der Waals surface area contributed by atoms with E-state index in [4.69, 9.17) is 10.8 Å². The average Bonchev–Trinajstić information content (AvgIpc) is 2.34. The molecule has 0 aliphatic rings. The summed E-state index contributed by atoms with van der Waals surface area (Å²) in [6, 6.07) is 2.83. The topological polar surface area (TPSA) is 97.3 Å². The van der Waals surface area contributed by atoms with Crippen LogP contribution in [0.1, 0.15) is 26.7 Å². The molecule has 0 aliphatic heterocycles. The van der Waals surface area contributed by atoms with Gasteiger partial charge in [0.05, 0.1) is 0 Å². The van der Waals surface area contributed by atoms with Crippen LogP contribution in [0.3, 0.4) is 0 Å². The molecular formula is C13H21N3O3. The van der Waals surface area contributed by atoms with Crippen molar-refractivity contribution < 1.29 is 9.90 Å². The second-order valence-corrected chi connectivity index (χ2v) is 4.86. The van der Waals surface area contributed by atoms with Crippen LogP contribution >= 0.6 is 0 Å². The van der Waals surface area contributed by atoms with Crippen molar-refractivity contribution in [3.05, 3.63) is 28.7 Å². The van der Waals surface area contributed by atoms with Crippen LogP contribution in [-0.2, 0) is 11.3 Å². The Labute approximate surface area is 112 Å². The van der Waals surface area contributed by atoms with E-state index in [1.165, 1.54) is 22.9 Å². The maximum absolute atomic E-state index is 11.9. The number of nitrogens with two attached hydrogens (primary N) is 1. The highest BCUT2D eigenvalue weighted by Crippen LogP contribution is 2.13. The minimum Gasteiger partial charge on any atom is -0.398 e. The summed E-state index contributed by atoms with van der Waals surface area (Å²) in [7, 11) is 0. The molecule has 0 saturated carbocycles. The number of hydrogen-bond donors (Lipinski definition) is 3. The predicted octanol–water partition coefficient (Wildman–Crippen LogP) is 0.0978. The molecule has 1 atom stereocenters. The zero-order valence-electron chi connectivity index (χ0n) is 11.3. The van der Waals surface area contributed by atoms with Crippen molar-refractivity contribution in [1.82, 2.24) is 9.88 Å². The lowest BCUT2D eigenvalue weighted by molar-refractivity contribution is -0.123. The summed E-state index contributed by atoms with van der Waals surface area (Å²) < 4.78 is 1.26. The average molecular weight is 267 g/mol. The molecule has 4 N–H and O–H groups in total. The lowest BCUT2D eigenvalue weighted by Crippen LogP contribution is -2.48. The third kappa shape index (κ3) is 4.40. The number of nitrogens with zero attached hydrogens (tertiary/aromatic N) is 1. The normalized spacial score (nSPS) is 13.8. The van der Waals surface area contributed by atoms with Gasteiger partial charge in [-0.2, -0.15) is 0 Å². The van der Waals surface area contributed by atoms with Gasteiger partial charge in [0.1, 0.15) is 6.54 Å². The molecule has 0 bridgehead atoms. The Bertz CT molecular complexity index is 498. The van der Waals surface area contributed by atoms with E-state index < -0.39 is 5.54 Å². The summed E-state index contributed by atoms with van der Waals surface area (Å²) in [6.45, 7) is 3.72. The number of rotatable bonds is 6. The highest BCUT2D eigenvalue weighted by atomic mass is 16.3. The van der Waals surface area contributed by atoms with Gasteiger partial charge in [0.25, 0.3) is 5.56 Å². The van der Waals surface area contributed by atoms with Crippen molar-refractivity contribution in [1.29, 1.82) is 0 Å². The number of hydrogen-bond acceptors (Lipinski definition) is 4. The number of carbonyl (C=O) groups is 1. The number of aliphatic hydroxyl groups excluding tert-OH is 1. The van der Waals surface area contributed by atoms with E-state index in [-0.39, 0.29) is 24.6 Å². The van der Waals surface area contributed by atoms with Crippen LogP contribution in [-0.4, -0.2) is 27.7 Å². The van der Waals surface area contributed by atoms with Gasteiger partial charge in [-0.05, 0) is 25.8 Å². The van der Waals surface area contributed by atoms with E-state index in [0.29, 0.717) is 18.5 Å². The van der Waals surface area contributed by atoms with Crippen molar-refractivity contribution >= 4 is 11.6 Å². The number of pyridine rings is 1. The standard InChI is InChI=1S/C13H21N3O3/c1-3-13(2,6-7-17)15-11(18)9-16-8-10(14)4-5-12(16)19/h4-5,8,17H,3,6-7,9,14H2,1-2H3,(H,15,18). The molecule has 106 valence electrons. The number of amides is 1. The quantitative estimate of drug-likeness (QED) is 0.681. The van der Waals surface area contributed by atoms with Crippen molar-refractivity contribution in [2.45, 2.75) is 38.8 Å². The van der Waals surface area contributed by atoms with Crippen molar-refractivity contribution in [3.63, 3.8) is 0 Å². The Hall–Kier alpha value is -1.82. The van der Waals surface area contributed by atoms with Crippen LogP contribution in [0.25, 0.3) is 0 Å². The van der Waals surface area contributed by atoms with E-state index in [2.05, 4.69) is 5.32 Å². The zero-order valence-corrected chi connectivity index (χ0v) is 11.3. The molecule has 0 aliphatic carbocycles. The maximum Gasteiger partial charge on any atom is 0.251 e. The van der Waals surface area contributed by atoms with Crippen molar-refractivity contribution in [2.24, 2.45) is 0 Å². The summed E-state index contributed by atoms with van der Waals surface area (Å²) in [5.74, 6) is -0.273. The molecule has 0 radical (unpaired) electrons. The number of nitrogens with one attached hydrogen (secondary N) is 1. The minimum atomic E-state index is -0.463. The highest BCUT2D eigenvalue weighted by molar-refractivity contribution is 5.76. The van der Waals surface area contributed by atoms with Gasteiger partial charge < -0.3 is 20.7 Å². The molecular weight excluding hydrogens is 246 g/mol. The molecule has 1 unspecified atom stereocenters. The molecule has 0 spiro atoms. The van der Waals surface area contributed by atoms with Crippen LogP contribution < -0.4 is 16.6 Å². The van der Waals surface area contributed by atoms with Crippen molar-refractivity contribution in [2.75, 3.05) is 12.3 Å².